The Morgan fingerprint density at radius 2 is 2.00 bits per heavy atom. The molecule has 0 bridgehead atoms. The average Bonchev–Trinajstić information content (AvgIpc) is 3.39. The molecule has 1 N–H and O–H groups in total. The second kappa shape index (κ2) is 6.01. The fraction of sp³-hybridized carbons (Fsp3) is 0.300. The molecule has 0 radical (unpaired) electrons. The number of halogens is 3. The van der Waals surface area contributed by atoms with Crippen molar-refractivity contribution in [3.05, 3.63) is 59.7 Å². The van der Waals surface area contributed by atoms with E-state index in [-0.39, 0.29) is 28.3 Å². The minimum atomic E-state index is -3.67. The Morgan fingerprint density at radius 1 is 1.21 bits per heavy atom. The first-order valence-electron chi connectivity index (χ1n) is 8.87. The molecule has 1 fully saturated rings. The number of carbonyl (C=O) groups excluding carboxylic acids is 1. The van der Waals surface area contributed by atoms with Crippen LogP contribution in [0.4, 0.5) is 8.78 Å². The summed E-state index contributed by atoms with van der Waals surface area (Å²) in [5.41, 5.74) is 0.922. The van der Waals surface area contributed by atoms with E-state index >= 15 is 0 Å². The van der Waals surface area contributed by atoms with Crippen LogP contribution in [-0.2, 0) is 10.2 Å². The number of nitrogens with zero attached hydrogens (tertiary/aromatic N) is 1. The van der Waals surface area contributed by atoms with Gasteiger partial charge in [-0.1, -0.05) is 46.3 Å². The third-order valence-electron chi connectivity index (χ3n) is 5.35. The quantitative estimate of drug-likeness (QED) is 0.550. The maximum absolute atomic E-state index is 13.3. The van der Waals surface area contributed by atoms with Gasteiger partial charge in [-0.15, -0.1) is 8.78 Å². The number of dihydropyridines is 1. The lowest BCUT2D eigenvalue weighted by atomic mass is 9.91. The molecule has 28 heavy (non-hydrogen) atoms. The summed E-state index contributed by atoms with van der Waals surface area (Å²) in [5.74, 6) is 0.327. The van der Waals surface area contributed by atoms with E-state index in [4.69, 9.17) is 0 Å². The molecule has 144 valence electrons. The number of ether oxygens (including phenoxy) is 2. The fourth-order valence-corrected chi connectivity index (χ4v) is 4.40. The van der Waals surface area contributed by atoms with Gasteiger partial charge in [-0.2, -0.15) is 0 Å². The molecule has 1 aromatic carbocycles. The third kappa shape index (κ3) is 2.87. The number of nitrogens with one attached hydrogen (secondary N) is 1. The van der Waals surface area contributed by atoms with E-state index in [1.807, 2.05) is 24.3 Å². The van der Waals surface area contributed by atoms with Gasteiger partial charge in [-0.3, -0.25) is 9.79 Å². The van der Waals surface area contributed by atoms with E-state index in [2.05, 4.69) is 41.8 Å². The Hall–Kier alpha value is -2.48. The largest absolute Gasteiger partial charge is 0.586 e. The number of benzene rings is 1. The summed E-state index contributed by atoms with van der Waals surface area (Å²) in [6, 6.07) is 4.51. The molecular weight excluding hydrogens is 434 g/mol. The Labute approximate surface area is 167 Å². The second-order valence-electron chi connectivity index (χ2n) is 7.17. The van der Waals surface area contributed by atoms with Crippen molar-refractivity contribution in [2.75, 3.05) is 0 Å². The summed E-state index contributed by atoms with van der Waals surface area (Å²) in [6.07, 6.45) is 7.39. The van der Waals surface area contributed by atoms with E-state index < -0.39 is 11.7 Å². The molecule has 1 aromatic rings. The van der Waals surface area contributed by atoms with E-state index in [0.717, 1.165) is 5.57 Å². The van der Waals surface area contributed by atoms with E-state index in [9.17, 15) is 13.6 Å². The van der Waals surface area contributed by atoms with Gasteiger partial charge < -0.3 is 14.8 Å². The zero-order valence-electron chi connectivity index (χ0n) is 14.5. The van der Waals surface area contributed by atoms with Gasteiger partial charge in [0, 0.05) is 5.92 Å². The van der Waals surface area contributed by atoms with Gasteiger partial charge in [0.05, 0.1) is 5.41 Å². The summed E-state index contributed by atoms with van der Waals surface area (Å²) in [5, 5.41) is 2.89. The SMILES string of the molecule is O=C(NC1=NC(Br)C2C=CC=CC2=C1)C1(c2ccc3c(c2)OC(F)(F)O3)CC1. The van der Waals surface area contributed by atoms with Gasteiger partial charge in [0.15, 0.2) is 11.5 Å². The summed E-state index contributed by atoms with van der Waals surface area (Å²) >= 11 is 3.55. The number of fused-ring (bicyclic) bond motifs is 2. The highest BCUT2D eigenvalue weighted by molar-refractivity contribution is 9.09. The number of amidine groups is 1. The van der Waals surface area contributed by atoms with Crippen molar-refractivity contribution in [2.24, 2.45) is 10.9 Å². The highest BCUT2D eigenvalue weighted by atomic mass is 79.9. The Morgan fingerprint density at radius 3 is 2.79 bits per heavy atom. The molecule has 2 atom stereocenters. The number of carbonyl (C=O) groups is 1. The van der Waals surface area contributed by atoms with Gasteiger partial charge in [-0.05, 0) is 42.2 Å². The molecule has 5 nitrogen and oxygen atoms in total. The lowest BCUT2D eigenvalue weighted by Crippen LogP contribution is -2.40. The number of allylic oxidation sites excluding steroid dienone is 3. The Kier molecular flexibility index (Phi) is 3.78. The topological polar surface area (TPSA) is 59.9 Å². The van der Waals surface area contributed by atoms with E-state index in [0.29, 0.717) is 24.2 Å². The highest BCUT2D eigenvalue weighted by Gasteiger charge is 2.53. The van der Waals surface area contributed by atoms with Crippen LogP contribution in [-0.4, -0.2) is 23.0 Å². The fourth-order valence-electron chi connectivity index (χ4n) is 3.70. The molecule has 0 saturated heterocycles. The molecular formula is C20H15BrF2N2O3. The maximum atomic E-state index is 13.3. The minimum Gasteiger partial charge on any atom is -0.395 e. The van der Waals surface area contributed by atoms with Gasteiger partial charge >= 0.3 is 6.29 Å². The number of hydrogen-bond donors (Lipinski definition) is 1. The van der Waals surface area contributed by atoms with Gasteiger partial charge in [0.25, 0.3) is 0 Å². The van der Waals surface area contributed by atoms with Crippen LogP contribution in [0.15, 0.2) is 59.1 Å². The van der Waals surface area contributed by atoms with Crippen LogP contribution in [0.5, 0.6) is 11.5 Å². The molecule has 8 heteroatoms. The molecule has 0 spiro atoms. The van der Waals surface area contributed by atoms with Crippen LogP contribution in [0.2, 0.25) is 0 Å². The van der Waals surface area contributed by atoms with Crippen molar-refractivity contribution in [1.29, 1.82) is 0 Å². The lowest BCUT2D eigenvalue weighted by molar-refractivity contribution is -0.286. The number of amides is 1. The predicted octanol–water partition coefficient (Wildman–Crippen LogP) is 3.96. The first-order chi connectivity index (χ1) is 13.4. The molecule has 2 aliphatic heterocycles. The van der Waals surface area contributed by atoms with Crippen LogP contribution in [0.1, 0.15) is 18.4 Å². The van der Waals surface area contributed by atoms with Crippen LogP contribution >= 0.6 is 15.9 Å². The molecule has 2 heterocycles. The first-order valence-corrected chi connectivity index (χ1v) is 9.78. The van der Waals surface area contributed by atoms with Crippen molar-refractivity contribution in [2.45, 2.75) is 29.5 Å². The van der Waals surface area contributed by atoms with E-state index in [1.54, 1.807) is 6.07 Å². The summed E-state index contributed by atoms with van der Waals surface area (Å²) < 4.78 is 35.5. The summed E-state index contributed by atoms with van der Waals surface area (Å²) in [7, 11) is 0. The second-order valence-corrected chi connectivity index (χ2v) is 8.10. The third-order valence-corrected chi connectivity index (χ3v) is 6.12. The van der Waals surface area contributed by atoms with E-state index in [1.165, 1.54) is 12.1 Å². The molecule has 2 aliphatic carbocycles. The minimum absolute atomic E-state index is 0.0309. The normalized spacial score (nSPS) is 27.5. The molecule has 5 rings (SSSR count). The average molecular weight is 449 g/mol. The smallest absolute Gasteiger partial charge is 0.395 e. The zero-order chi connectivity index (χ0) is 19.5. The zero-order valence-corrected chi connectivity index (χ0v) is 16.1. The van der Waals surface area contributed by atoms with Crippen molar-refractivity contribution in [3.63, 3.8) is 0 Å². The summed E-state index contributed by atoms with van der Waals surface area (Å²) in [6.45, 7) is 0. The van der Waals surface area contributed by atoms with Gasteiger partial charge in [0.1, 0.15) is 10.8 Å². The van der Waals surface area contributed by atoms with Crippen LogP contribution in [0.25, 0.3) is 0 Å². The number of rotatable bonds is 2. The number of aliphatic imine (C=N–C) groups is 1. The van der Waals surface area contributed by atoms with Crippen molar-refractivity contribution in [3.8, 4) is 11.5 Å². The molecule has 2 unspecified atom stereocenters. The van der Waals surface area contributed by atoms with Crippen molar-refractivity contribution in [1.82, 2.24) is 5.32 Å². The molecule has 1 amide bonds. The Bertz CT molecular complexity index is 995. The predicted molar refractivity (Wildman–Crippen MR) is 102 cm³/mol. The van der Waals surface area contributed by atoms with Crippen LogP contribution in [0.3, 0.4) is 0 Å². The monoisotopic (exact) mass is 448 g/mol. The molecule has 4 aliphatic rings. The maximum Gasteiger partial charge on any atom is 0.586 e. The van der Waals surface area contributed by atoms with Gasteiger partial charge in [0.2, 0.25) is 5.91 Å². The molecule has 0 aromatic heterocycles. The lowest BCUT2D eigenvalue weighted by Gasteiger charge is -2.26. The van der Waals surface area contributed by atoms with Gasteiger partial charge in [-0.25, -0.2) is 0 Å². The Balaban J connectivity index is 1.37. The highest BCUT2D eigenvalue weighted by Crippen LogP contribution is 2.52. The molecule has 1 saturated carbocycles. The number of hydrogen-bond acceptors (Lipinski definition) is 4. The van der Waals surface area contributed by atoms with Crippen LogP contribution in [0, 0.1) is 5.92 Å². The van der Waals surface area contributed by atoms with Crippen molar-refractivity contribution < 1.29 is 23.0 Å². The number of alkyl halides is 3. The first kappa shape index (κ1) is 17.6. The van der Waals surface area contributed by atoms with Crippen molar-refractivity contribution >= 4 is 27.7 Å². The standard InChI is InChI=1S/C20H15BrF2N2O3/c21-17-13-4-2-1-3-11(13)9-16(24-17)25-18(26)19(7-8-19)12-5-6-14-15(10-12)28-20(22,23)27-14/h1-6,9-10,13,17H,7-8H2,(H,24,25,26). The summed E-state index contributed by atoms with van der Waals surface area (Å²) in [4.78, 5) is 17.4. The van der Waals surface area contributed by atoms with Crippen LogP contribution < -0.4 is 14.8 Å².